The summed E-state index contributed by atoms with van der Waals surface area (Å²) in [7, 11) is 0. The fourth-order valence-electron chi connectivity index (χ4n) is 2.42. The van der Waals surface area contributed by atoms with Crippen molar-refractivity contribution in [2.45, 2.75) is 38.9 Å². The van der Waals surface area contributed by atoms with Crippen molar-refractivity contribution in [1.29, 1.82) is 0 Å². The average Bonchev–Trinajstić information content (AvgIpc) is 2.15. The zero-order valence-electron chi connectivity index (χ0n) is 11.0. The highest BCUT2D eigenvalue weighted by Crippen LogP contribution is 2.39. The summed E-state index contributed by atoms with van der Waals surface area (Å²) >= 11 is 0. The van der Waals surface area contributed by atoms with E-state index in [1.54, 1.807) is 0 Å². The van der Waals surface area contributed by atoms with Gasteiger partial charge in [0.1, 0.15) is 5.60 Å². The third-order valence-corrected chi connectivity index (χ3v) is 3.38. The lowest BCUT2D eigenvalue weighted by molar-refractivity contribution is -0.146. The second kappa shape index (κ2) is 4.12. The van der Waals surface area contributed by atoms with E-state index in [-0.39, 0.29) is 25.0 Å². The van der Waals surface area contributed by atoms with E-state index in [1.807, 2.05) is 20.8 Å². The zero-order chi connectivity index (χ0) is 13.6. The van der Waals surface area contributed by atoms with Crippen LogP contribution in [0.2, 0.25) is 0 Å². The van der Waals surface area contributed by atoms with E-state index >= 15 is 0 Å². The van der Waals surface area contributed by atoms with Gasteiger partial charge in [-0.1, -0.05) is 0 Å². The van der Waals surface area contributed by atoms with Gasteiger partial charge in [-0.25, -0.2) is 4.79 Å². The molecule has 18 heavy (non-hydrogen) atoms. The number of aliphatic hydroxyl groups is 1. The summed E-state index contributed by atoms with van der Waals surface area (Å²) in [6.45, 7) is 6.46. The van der Waals surface area contributed by atoms with E-state index in [9.17, 15) is 14.7 Å². The van der Waals surface area contributed by atoms with Gasteiger partial charge >= 0.3 is 6.09 Å². The molecule has 1 unspecified atom stereocenters. The van der Waals surface area contributed by atoms with Gasteiger partial charge in [0.15, 0.2) is 0 Å². The summed E-state index contributed by atoms with van der Waals surface area (Å²) < 4.78 is 5.24. The van der Waals surface area contributed by atoms with Gasteiger partial charge in [0.05, 0.1) is 6.10 Å². The van der Waals surface area contributed by atoms with Crippen molar-refractivity contribution in [2.75, 3.05) is 19.6 Å². The lowest BCUT2D eigenvalue weighted by Gasteiger charge is -2.53. The van der Waals surface area contributed by atoms with Gasteiger partial charge in [-0.2, -0.15) is 0 Å². The highest BCUT2D eigenvalue weighted by atomic mass is 16.6. The Labute approximate surface area is 106 Å². The molecule has 0 aromatic heterocycles. The van der Waals surface area contributed by atoms with Crippen LogP contribution in [0.4, 0.5) is 4.79 Å². The van der Waals surface area contributed by atoms with E-state index in [1.165, 1.54) is 4.90 Å². The van der Waals surface area contributed by atoms with Gasteiger partial charge in [0.25, 0.3) is 0 Å². The maximum atomic E-state index is 11.8. The summed E-state index contributed by atoms with van der Waals surface area (Å²) in [5, 5.41) is 12.5. The van der Waals surface area contributed by atoms with Gasteiger partial charge in [0, 0.05) is 31.5 Å². The number of β-amino-alcohol motifs (C(OH)–C–C–N with tert-alkyl or cyclic N) is 1. The molecule has 1 spiro atoms. The number of nitrogens with zero attached hydrogens (tertiary/aromatic N) is 1. The Bertz CT molecular complexity index is 369. The molecule has 0 radical (unpaired) electrons. The molecule has 2 amide bonds. The number of amides is 2. The van der Waals surface area contributed by atoms with Gasteiger partial charge in [-0.05, 0) is 20.8 Å². The van der Waals surface area contributed by atoms with E-state index in [0.717, 1.165) is 0 Å². The normalized spacial score (nSPS) is 26.6. The number of likely N-dealkylation sites (tertiary alicyclic amines) is 1. The first kappa shape index (κ1) is 13.1. The van der Waals surface area contributed by atoms with Gasteiger partial charge in [-0.15, -0.1) is 0 Å². The standard InChI is InChI=1S/C12H20N2O4/c1-11(2,3)18-10(17)14-6-12(7-14)4-9(16)13-5-8(12)15/h8,15H,4-7H2,1-3H3,(H,13,16). The van der Waals surface area contributed by atoms with Crippen LogP contribution in [-0.4, -0.2) is 53.3 Å². The predicted molar refractivity (Wildman–Crippen MR) is 63.9 cm³/mol. The molecule has 0 saturated carbocycles. The van der Waals surface area contributed by atoms with E-state index < -0.39 is 17.1 Å². The molecule has 2 N–H and O–H groups in total. The van der Waals surface area contributed by atoms with Crippen LogP contribution >= 0.6 is 0 Å². The summed E-state index contributed by atoms with van der Waals surface area (Å²) in [6, 6.07) is 0. The number of piperidine rings is 1. The minimum atomic E-state index is -0.589. The molecule has 6 nitrogen and oxygen atoms in total. The summed E-state index contributed by atoms with van der Waals surface area (Å²) in [4.78, 5) is 24.7. The molecule has 2 saturated heterocycles. The third kappa shape index (κ3) is 2.43. The van der Waals surface area contributed by atoms with Crippen LogP contribution in [0, 0.1) is 5.41 Å². The Kier molecular flexibility index (Phi) is 3.01. The molecular weight excluding hydrogens is 236 g/mol. The molecule has 0 aliphatic carbocycles. The number of aliphatic hydroxyl groups excluding tert-OH is 1. The maximum absolute atomic E-state index is 11.8. The molecule has 6 heteroatoms. The van der Waals surface area contributed by atoms with Crippen LogP contribution in [-0.2, 0) is 9.53 Å². The molecule has 1 atom stereocenters. The number of ether oxygens (including phenoxy) is 1. The van der Waals surface area contributed by atoms with Crippen LogP contribution in [0.25, 0.3) is 0 Å². The van der Waals surface area contributed by atoms with Gasteiger partial charge < -0.3 is 20.1 Å². The number of carbonyl (C=O) groups is 2. The fourth-order valence-corrected chi connectivity index (χ4v) is 2.42. The molecule has 102 valence electrons. The van der Waals surface area contributed by atoms with Crippen LogP contribution in [0.1, 0.15) is 27.2 Å². The predicted octanol–water partition coefficient (Wildman–Crippen LogP) is 0.104. The Balaban J connectivity index is 1.92. The zero-order valence-corrected chi connectivity index (χ0v) is 11.0. The molecule has 2 heterocycles. The van der Waals surface area contributed by atoms with Gasteiger partial charge in [0.2, 0.25) is 5.91 Å². The second-order valence-electron chi connectivity index (χ2n) is 6.20. The van der Waals surface area contributed by atoms with Gasteiger partial charge in [-0.3, -0.25) is 4.79 Å². The minimum Gasteiger partial charge on any atom is -0.444 e. The first-order valence-electron chi connectivity index (χ1n) is 6.15. The average molecular weight is 256 g/mol. The quantitative estimate of drug-likeness (QED) is 0.644. The second-order valence-corrected chi connectivity index (χ2v) is 6.20. The van der Waals surface area contributed by atoms with Crippen LogP contribution < -0.4 is 5.32 Å². The Morgan fingerprint density at radius 3 is 2.67 bits per heavy atom. The third-order valence-electron chi connectivity index (χ3n) is 3.38. The largest absolute Gasteiger partial charge is 0.444 e. The number of hydrogen-bond donors (Lipinski definition) is 2. The van der Waals surface area contributed by atoms with Crippen molar-refractivity contribution in [3.63, 3.8) is 0 Å². The maximum Gasteiger partial charge on any atom is 0.410 e. The molecule has 2 rings (SSSR count). The number of carbonyl (C=O) groups excluding carboxylic acids is 2. The lowest BCUT2D eigenvalue weighted by atomic mass is 9.70. The van der Waals surface area contributed by atoms with E-state index in [0.29, 0.717) is 13.1 Å². The monoisotopic (exact) mass is 256 g/mol. The summed E-state index contributed by atoms with van der Waals surface area (Å²) in [5.41, 5.74) is -0.998. The first-order valence-corrected chi connectivity index (χ1v) is 6.15. The SMILES string of the molecule is CC(C)(C)OC(=O)N1CC2(CC(=O)NCC2O)C1. The van der Waals surface area contributed by atoms with Crippen LogP contribution in [0.5, 0.6) is 0 Å². The van der Waals surface area contributed by atoms with Crippen molar-refractivity contribution in [3.8, 4) is 0 Å². The summed E-state index contributed by atoms with van der Waals surface area (Å²) in [6.07, 6.45) is -0.701. The fraction of sp³-hybridized carbons (Fsp3) is 0.833. The topological polar surface area (TPSA) is 78.9 Å². The number of hydrogen-bond acceptors (Lipinski definition) is 4. The van der Waals surface area contributed by atoms with E-state index in [4.69, 9.17) is 4.74 Å². The smallest absolute Gasteiger partial charge is 0.410 e. The number of nitrogens with one attached hydrogen (secondary N) is 1. The Morgan fingerprint density at radius 1 is 1.50 bits per heavy atom. The molecule has 2 fully saturated rings. The molecule has 2 aliphatic rings. The Hall–Kier alpha value is -1.30. The summed E-state index contributed by atoms with van der Waals surface area (Å²) in [5.74, 6) is -0.0656. The molecule has 0 aromatic carbocycles. The molecular formula is C12H20N2O4. The number of rotatable bonds is 0. The highest BCUT2D eigenvalue weighted by Gasteiger charge is 2.53. The molecule has 0 bridgehead atoms. The highest BCUT2D eigenvalue weighted by molar-refractivity contribution is 5.79. The molecule has 0 aromatic rings. The lowest BCUT2D eigenvalue weighted by Crippen LogP contribution is -2.69. The van der Waals surface area contributed by atoms with Crippen LogP contribution in [0.3, 0.4) is 0 Å². The van der Waals surface area contributed by atoms with Crippen molar-refractivity contribution >= 4 is 12.0 Å². The van der Waals surface area contributed by atoms with Crippen LogP contribution in [0.15, 0.2) is 0 Å². The van der Waals surface area contributed by atoms with Crippen molar-refractivity contribution < 1.29 is 19.4 Å². The Morgan fingerprint density at radius 2 is 2.11 bits per heavy atom. The van der Waals surface area contributed by atoms with Crippen molar-refractivity contribution in [1.82, 2.24) is 10.2 Å². The van der Waals surface area contributed by atoms with Crippen molar-refractivity contribution in [3.05, 3.63) is 0 Å². The molecule has 2 aliphatic heterocycles. The first-order chi connectivity index (χ1) is 8.22. The van der Waals surface area contributed by atoms with E-state index in [2.05, 4.69) is 5.32 Å². The van der Waals surface area contributed by atoms with Crippen molar-refractivity contribution in [2.24, 2.45) is 5.41 Å². The minimum absolute atomic E-state index is 0.0656.